The molecular formula is C32H43N3O. The molecule has 4 rings (SSSR count). The summed E-state index contributed by atoms with van der Waals surface area (Å²) in [5, 5.41) is 10.4. The van der Waals surface area contributed by atoms with Crippen molar-refractivity contribution in [1.82, 2.24) is 0 Å². The number of fused-ring (bicyclic) bond motifs is 1. The average Bonchev–Trinajstić information content (AvgIpc) is 2.81. The van der Waals surface area contributed by atoms with Gasteiger partial charge in [-0.3, -0.25) is 0 Å². The topological polar surface area (TPSA) is 45.3 Å². The Kier molecular flexibility index (Phi) is 9.46. The molecule has 1 unspecified atom stereocenters. The number of allylic oxidation sites excluding steroid dienone is 1. The van der Waals surface area contributed by atoms with E-state index < -0.39 is 0 Å². The third-order valence-corrected chi connectivity index (χ3v) is 5.95. The van der Waals surface area contributed by atoms with E-state index in [1.54, 1.807) is 0 Å². The Labute approximate surface area is 218 Å². The van der Waals surface area contributed by atoms with Crippen LogP contribution in [-0.2, 0) is 0 Å². The first kappa shape index (κ1) is 27.2. The molecule has 0 aliphatic carbocycles. The highest BCUT2D eigenvalue weighted by Gasteiger charge is 2.22. The number of nitrogens with one attached hydrogen (secondary N) is 3. The molecule has 0 amide bonds. The Balaban J connectivity index is 0.000000205. The predicted octanol–water partition coefficient (Wildman–Crippen LogP) is 8.97. The second-order valence-electron chi connectivity index (χ2n) is 10.6. The highest BCUT2D eigenvalue weighted by atomic mass is 16.5. The van der Waals surface area contributed by atoms with E-state index >= 15 is 0 Å². The average molecular weight is 486 g/mol. The van der Waals surface area contributed by atoms with Crippen LogP contribution in [0.15, 0.2) is 78.9 Å². The highest BCUT2D eigenvalue weighted by Crippen LogP contribution is 2.35. The number of benzene rings is 3. The summed E-state index contributed by atoms with van der Waals surface area (Å²) in [7, 11) is 0. The zero-order chi connectivity index (χ0) is 26.1. The first-order valence-corrected chi connectivity index (χ1v) is 13.1. The van der Waals surface area contributed by atoms with Gasteiger partial charge in [0.25, 0.3) is 0 Å². The van der Waals surface area contributed by atoms with Gasteiger partial charge in [-0.15, -0.1) is 0 Å². The molecule has 1 atom stereocenters. The fourth-order valence-corrected chi connectivity index (χ4v) is 4.61. The lowest BCUT2D eigenvalue weighted by Crippen LogP contribution is -2.31. The predicted molar refractivity (Wildman–Crippen MR) is 158 cm³/mol. The molecule has 192 valence electrons. The number of para-hydroxylation sites is 1. The Morgan fingerprint density at radius 3 is 2.14 bits per heavy atom. The summed E-state index contributed by atoms with van der Waals surface area (Å²) in [5.74, 6) is 1.66. The molecule has 0 fully saturated rings. The first-order chi connectivity index (χ1) is 17.1. The van der Waals surface area contributed by atoms with Gasteiger partial charge in [0.15, 0.2) is 0 Å². The van der Waals surface area contributed by atoms with Gasteiger partial charge in [0.2, 0.25) is 0 Å². The maximum Gasteiger partial charge on any atom is 0.120 e. The van der Waals surface area contributed by atoms with Gasteiger partial charge >= 0.3 is 0 Å². The molecule has 0 saturated carbocycles. The molecule has 3 aromatic carbocycles. The van der Waals surface area contributed by atoms with Crippen LogP contribution >= 0.6 is 0 Å². The van der Waals surface area contributed by atoms with Crippen LogP contribution in [0.5, 0.6) is 5.75 Å². The quantitative estimate of drug-likeness (QED) is 0.298. The zero-order valence-corrected chi connectivity index (χ0v) is 23.0. The molecule has 1 aliphatic heterocycles. The minimum absolute atomic E-state index is 0.0320. The summed E-state index contributed by atoms with van der Waals surface area (Å²) in [5.41, 5.74) is 7.17. The van der Waals surface area contributed by atoms with Gasteiger partial charge < -0.3 is 20.7 Å². The third kappa shape index (κ3) is 8.37. The lowest BCUT2D eigenvalue weighted by Gasteiger charge is -2.31. The minimum atomic E-state index is 0.0320. The van der Waals surface area contributed by atoms with E-state index in [0.717, 1.165) is 23.0 Å². The van der Waals surface area contributed by atoms with Crippen LogP contribution in [0.3, 0.4) is 0 Å². The highest BCUT2D eigenvalue weighted by molar-refractivity contribution is 5.80. The van der Waals surface area contributed by atoms with E-state index in [2.05, 4.69) is 112 Å². The van der Waals surface area contributed by atoms with E-state index in [0.29, 0.717) is 12.6 Å². The van der Waals surface area contributed by atoms with Gasteiger partial charge in [-0.2, -0.15) is 0 Å². The summed E-state index contributed by atoms with van der Waals surface area (Å²) < 4.78 is 5.52. The minimum Gasteiger partial charge on any atom is -0.494 e. The van der Waals surface area contributed by atoms with E-state index in [9.17, 15) is 0 Å². The number of hydrogen-bond donors (Lipinski definition) is 3. The molecule has 0 spiro atoms. The molecular weight excluding hydrogens is 442 g/mol. The molecule has 4 heteroatoms. The molecule has 0 saturated heterocycles. The maximum atomic E-state index is 5.52. The smallest absolute Gasteiger partial charge is 0.120 e. The molecule has 1 aliphatic rings. The molecule has 1 heterocycles. The zero-order valence-electron chi connectivity index (χ0n) is 23.0. The molecule has 36 heavy (non-hydrogen) atoms. The SMILES string of the molecule is CC(C)CC(C)Nc1ccc(Nc2ccccc2)cc1.CCOc1ccc2c(c1)C(C)=CC(C)(C)N2. The normalized spacial score (nSPS) is 14.4. The van der Waals surface area contributed by atoms with Gasteiger partial charge in [0, 0.05) is 34.4 Å². The fraction of sp³-hybridized carbons (Fsp3) is 0.375. The van der Waals surface area contributed by atoms with Crippen LogP contribution in [0.1, 0.15) is 60.5 Å². The van der Waals surface area contributed by atoms with Crippen molar-refractivity contribution in [3.8, 4) is 5.75 Å². The van der Waals surface area contributed by atoms with Gasteiger partial charge in [-0.25, -0.2) is 0 Å². The molecule has 0 aromatic heterocycles. The monoisotopic (exact) mass is 485 g/mol. The third-order valence-electron chi connectivity index (χ3n) is 5.95. The Hall–Kier alpha value is -3.40. The number of ether oxygens (including phenoxy) is 1. The first-order valence-electron chi connectivity index (χ1n) is 13.1. The van der Waals surface area contributed by atoms with E-state index in [1.807, 2.05) is 31.2 Å². The fourth-order valence-electron chi connectivity index (χ4n) is 4.61. The van der Waals surface area contributed by atoms with Crippen molar-refractivity contribution < 1.29 is 4.74 Å². The van der Waals surface area contributed by atoms with Crippen LogP contribution in [-0.4, -0.2) is 18.2 Å². The van der Waals surface area contributed by atoms with Crippen molar-refractivity contribution in [2.24, 2.45) is 5.92 Å². The van der Waals surface area contributed by atoms with Gasteiger partial charge in [-0.1, -0.05) is 38.1 Å². The van der Waals surface area contributed by atoms with Crippen molar-refractivity contribution in [1.29, 1.82) is 0 Å². The lowest BCUT2D eigenvalue weighted by molar-refractivity contribution is 0.340. The van der Waals surface area contributed by atoms with Crippen molar-refractivity contribution in [2.75, 3.05) is 22.6 Å². The second-order valence-corrected chi connectivity index (χ2v) is 10.6. The number of rotatable bonds is 8. The largest absolute Gasteiger partial charge is 0.494 e. The Morgan fingerprint density at radius 1 is 0.861 bits per heavy atom. The summed E-state index contributed by atoms with van der Waals surface area (Å²) >= 11 is 0. The van der Waals surface area contributed by atoms with E-state index in [4.69, 9.17) is 4.74 Å². The number of anilines is 4. The summed E-state index contributed by atoms with van der Waals surface area (Å²) in [6, 6.07) is 25.4. The standard InChI is InChI=1S/C18H24N2.C14H19NO/c1-14(2)13-15(3)19-17-9-11-18(12-10-17)20-16-7-5-4-6-8-16;1-5-16-11-6-7-13-12(8-11)10(2)9-14(3,4)15-13/h4-12,14-15,19-20H,13H2,1-3H3;6-9,15H,5H2,1-4H3. The van der Waals surface area contributed by atoms with Crippen molar-refractivity contribution in [3.63, 3.8) is 0 Å². The molecule has 3 N–H and O–H groups in total. The van der Waals surface area contributed by atoms with Gasteiger partial charge in [-0.05, 0) is 107 Å². The summed E-state index contributed by atoms with van der Waals surface area (Å²) in [6.45, 7) is 16.0. The maximum absolute atomic E-state index is 5.52. The van der Waals surface area contributed by atoms with Gasteiger partial charge in [0.1, 0.15) is 5.75 Å². The Morgan fingerprint density at radius 2 is 1.50 bits per heavy atom. The Bertz CT molecular complexity index is 1120. The van der Waals surface area contributed by atoms with Crippen LogP contribution in [0.25, 0.3) is 5.57 Å². The molecule has 4 nitrogen and oxygen atoms in total. The van der Waals surface area contributed by atoms with E-state index in [-0.39, 0.29) is 5.54 Å². The van der Waals surface area contributed by atoms with Crippen LogP contribution in [0.2, 0.25) is 0 Å². The second kappa shape index (κ2) is 12.5. The summed E-state index contributed by atoms with van der Waals surface area (Å²) in [4.78, 5) is 0. The van der Waals surface area contributed by atoms with Crippen LogP contribution < -0.4 is 20.7 Å². The molecule has 0 bridgehead atoms. The van der Waals surface area contributed by atoms with Crippen LogP contribution in [0.4, 0.5) is 22.7 Å². The van der Waals surface area contributed by atoms with Crippen molar-refractivity contribution in [3.05, 3.63) is 84.4 Å². The van der Waals surface area contributed by atoms with Gasteiger partial charge in [0.05, 0.1) is 12.1 Å². The summed E-state index contributed by atoms with van der Waals surface area (Å²) in [6.07, 6.45) is 3.44. The van der Waals surface area contributed by atoms with E-state index in [1.165, 1.54) is 28.9 Å². The van der Waals surface area contributed by atoms with Crippen molar-refractivity contribution >= 4 is 28.3 Å². The number of hydrogen-bond acceptors (Lipinski definition) is 4. The lowest BCUT2D eigenvalue weighted by atomic mass is 9.91. The van der Waals surface area contributed by atoms with Crippen LogP contribution in [0, 0.1) is 5.92 Å². The molecule has 0 radical (unpaired) electrons. The van der Waals surface area contributed by atoms with Crippen molar-refractivity contribution in [2.45, 2.75) is 66.5 Å². The molecule has 3 aromatic rings.